The van der Waals surface area contributed by atoms with Crippen molar-refractivity contribution in [1.29, 1.82) is 0 Å². The molecule has 0 nitrogen and oxygen atoms in total. The van der Waals surface area contributed by atoms with E-state index in [0.29, 0.717) is 0 Å². The van der Waals surface area contributed by atoms with Gasteiger partial charge in [-0.15, -0.1) is 11.6 Å². The SMILES string of the molecule is Cc1cc(CC(C)(C)Cl)cc(C)c1C. The highest BCUT2D eigenvalue weighted by Crippen LogP contribution is 2.23. The Bertz CT molecular complexity index is 309. The molecule has 0 spiro atoms. The van der Waals surface area contributed by atoms with Crippen molar-refractivity contribution in [3.63, 3.8) is 0 Å². The van der Waals surface area contributed by atoms with Gasteiger partial charge in [0.05, 0.1) is 0 Å². The molecule has 0 fully saturated rings. The summed E-state index contributed by atoms with van der Waals surface area (Å²) in [6.45, 7) is 10.6. The molecule has 0 aliphatic rings. The predicted octanol–water partition coefficient (Wildman–Crippen LogP) is 4.17. The minimum atomic E-state index is -0.145. The van der Waals surface area contributed by atoms with Gasteiger partial charge in [-0.1, -0.05) is 12.1 Å². The first-order chi connectivity index (χ1) is 6.29. The Morgan fingerprint density at radius 2 is 1.50 bits per heavy atom. The third kappa shape index (κ3) is 3.02. The van der Waals surface area contributed by atoms with Gasteiger partial charge >= 0.3 is 0 Å². The molecule has 0 amide bonds. The van der Waals surface area contributed by atoms with Crippen LogP contribution in [-0.2, 0) is 6.42 Å². The lowest BCUT2D eigenvalue weighted by Gasteiger charge is -2.17. The lowest BCUT2D eigenvalue weighted by atomic mass is 9.95. The molecule has 1 heteroatoms. The molecule has 0 aromatic heterocycles. The standard InChI is InChI=1S/C13H19Cl/c1-9-6-12(8-13(4,5)14)7-10(2)11(9)3/h6-7H,8H2,1-5H3. The van der Waals surface area contributed by atoms with Gasteiger partial charge < -0.3 is 0 Å². The quantitative estimate of drug-likeness (QED) is 0.643. The van der Waals surface area contributed by atoms with E-state index in [1.54, 1.807) is 0 Å². The average molecular weight is 211 g/mol. The molecular weight excluding hydrogens is 192 g/mol. The smallest absolute Gasteiger partial charge is 0.0430 e. The van der Waals surface area contributed by atoms with Crippen molar-refractivity contribution in [1.82, 2.24) is 0 Å². The molecule has 14 heavy (non-hydrogen) atoms. The zero-order chi connectivity index (χ0) is 10.9. The number of benzene rings is 1. The first-order valence-corrected chi connectivity index (χ1v) is 5.43. The van der Waals surface area contributed by atoms with Crippen molar-refractivity contribution >= 4 is 11.6 Å². The maximum Gasteiger partial charge on any atom is 0.0430 e. The van der Waals surface area contributed by atoms with Crippen LogP contribution in [0.5, 0.6) is 0 Å². The number of halogens is 1. The second kappa shape index (κ2) is 3.94. The van der Waals surface area contributed by atoms with Crippen molar-refractivity contribution in [3.8, 4) is 0 Å². The van der Waals surface area contributed by atoms with Crippen LogP contribution in [-0.4, -0.2) is 4.87 Å². The molecule has 78 valence electrons. The zero-order valence-corrected chi connectivity index (χ0v) is 10.5. The summed E-state index contributed by atoms with van der Waals surface area (Å²) in [6.07, 6.45) is 0.927. The van der Waals surface area contributed by atoms with Crippen LogP contribution in [0.2, 0.25) is 0 Å². The largest absolute Gasteiger partial charge is 0.120 e. The topological polar surface area (TPSA) is 0 Å². The Kier molecular flexibility index (Phi) is 3.26. The van der Waals surface area contributed by atoms with Gasteiger partial charge in [0.1, 0.15) is 0 Å². The first-order valence-electron chi connectivity index (χ1n) is 5.05. The van der Waals surface area contributed by atoms with Crippen LogP contribution in [0.25, 0.3) is 0 Å². The minimum Gasteiger partial charge on any atom is -0.120 e. The van der Waals surface area contributed by atoms with Crippen molar-refractivity contribution in [2.24, 2.45) is 0 Å². The molecule has 1 aromatic carbocycles. The molecule has 0 saturated carbocycles. The van der Waals surface area contributed by atoms with Gasteiger partial charge in [-0.25, -0.2) is 0 Å². The molecule has 1 rings (SSSR count). The fourth-order valence-electron chi connectivity index (χ4n) is 1.71. The van der Waals surface area contributed by atoms with Gasteiger partial charge in [-0.2, -0.15) is 0 Å². The summed E-state index contributed by atoms with van der Waals surface area (Å²) < 4.78 is 0. The normalized spacial score (nSPS) is 11.9. The van der Waals surface area contributed by atoms with Crippen LogP contribution in [0.4, 0.5) is 0 Å². The van der Waals surface area contributed by atoms with Crippen LogP contribution in [0, 0.1) is 20.8 Å². The highest BCUT2D eigenvalue weighted by molar-refractivity contribution is 6.23. The average Bonchev–Trinajstić information content (AvgIpc) is 1.96. The van der Waals surface area contributed by atoms with E-state index in [0.717, 1.165) is 6.42 Å². The summed E-state index contributed by atoms with van der Waals surface area (Å²) in [5.41, 5.74) is 5.45. The minimum absolute atomic E-state index is 0.145. The summed E-state index contributed by atoms with van der Waals surface area (Å²) in [5, 5.41) is 0. The van der Waals surface area contributed by atoms with E-state index in [-0.39, 0.29) is 4.87 Å². The van der Waals surface area contributed by atoms with E-state index in [1.807, 2.05) is 0 Å². The van der Waals surface area contributed by atoms with Crippen molar-refractivity contribution < 1.29 is 0 Å². The van der Waals surface area contributed by atoms with Crippen LogP contribution in [0.1, 0.15) is 36.1 Å². The Morgan fingerprint density at radius 3 is 1.86 bits per heavy atom. The lowest BCUT2D eigenvalue weighted by Crippen LogP contribution is -2.14. The van der Waals surface area contributed by atoms with Gasteiger partial charge in [0, 0.05) is 4.87 Å². The third-order valence-electron chi connectivity index (χ3n) is 2.61. The molecular formula is C13H19Cl. The van der Waals surface area contributed by atoms with E-state index in [9.17, 15) is 0 Å². The fraction of sp³-hybridized carbons (Fsp3) is 0.538. The molecule has 0 aliphatic heterocycles. The summed E-state index contributed by atoms with van der Waals surface area (Å²) in [6, 6.07) is 4.49. The van der Waals surface area contributed by atoms with Crippen molar-refractivity contribution in [3.05, 3.63) is 34.4 Å². The molecule has 0 saturated heterocycles. The number of hydrogen-bond acceptors (Lipinski definition) is 0. The molecule has 0 heterocycles. The first kappa shape index (κ1) is 11.6. The van der Waals surface area contributed by atoms with Gasteiger partial charge in [0.25, 0.3) is 0 Å². The molecule has 0 radical (unpaired) electrons. The van der Waals surface area contributed by atoms with Gasteiger partial charge in [0.2, 0.25) is 0 Å². The van der Waals surface area contributed by atoms with Gasteiger partial charge in [0.15, 0.2) is 0 Å². The van der Waals surface area contributed by atoms with Crippen LogP contribution in [0.15, 0.2) is 12.1 Å². The predicted molar refractivity (Wildman–Crippen MR) is 64.3 cm³/mol. The maximum atomic E-state index is 6.21. The zero-order valence-electron chi connectivity index (χ0n) is 9.74. The highest BCUT2D eigenvalue weighted by Gasteiger charge is 2.14. The second-order valence-corrected chi connectivity index (χ2v) is 5.77. The van der Waals surface area contributed by atoms with E-state index in [4.69, 9.17) is 11.6 Å². The molecule has 0 atom stereocenters. The summed E-state index contributed by atoms with van der Waals surface area (Å²) in [5.74, 6) is 0. The summed E-state index contributed by atoms with van der Waals surface area (Å²) in [4.78, 5) is -0.145. The Morgan fingerprint density at radius 1 is 1.07 bits per heavy atom. The van der Waals surface area contributed by atoms with E-state index < -0.39 is 0 Å². The number of hydrogen-bond donors (Lipinski definition) is 0. The Balaban J connectivity index is 3.02. The van der Waals surface area contributed by atoms with Crippen LogP contribution in [0.3, 0.4) is 0 Å². The number of alkyl halides is 1. The number of aryl methyl sites for hydroxylation is 2. The fourth-order valence-corrected chi connectivity index (χ4v) is 1.87. The molecule has 0 aliphatic carbocycles. The van der Waals surface area contributed by atoms with E-state index in [2.05, 4.69) is 46.8 Å². The van der Waals surface area contributed by atoms with Gasteiger partial charge in [-0.05, 0) is 63.3 Å². The lowest BCUT2D eigenvalue weighted by molar-refractivity contribution is 0.693. The number of rotatable bonds is 2. The van der Waals surface area contributed by atoms with Crippen LogP contribution >= 0.6 is 11.6 Å². The van der Waals surface area contributed by atoms with E-state index >= 15 is 0 Å². The van der Waals surface area contributed by atoms with Crippen LogP contribution < -0.4 is 0 Å². The molecule has 0 unspecified atom stereocenters. The Labute approximate surface area is 92.3 Å². The maximum absolute atomic E-state index is 6.21. The second-order valence-electron chi connectivity index (χ2n) is 4.75. The highest BCUT2D eigenvalue weighted by atomic mass is 35.5. The molecule has 0 bridgehead atoms. The Hall–Kier alpha value is -0.490. The van der Waals surface area contributed by atoms with Crippen molar-refractivity contribution in [2.75, 3.05) is 0 Å². The van der Waals surface area contributed by atoms with Gasteiger partial charge in [-0.3, -0.25) is 0 Å². The van der Waals surface area contributed by atoms with Crippen molar-refractivity contribution in [2.45, 2.75) is 45.9 Å². The summed E-state index contributed by atoms with van der Waals surface area (Å²) >= 11 is 6.21. The molecule has 0 N–H and O–H groups in total. The van der Waals surface area contributed by atoms with E-state index in [1.165, 1.54) is 22.3 Å². The summed E-state index contributed by atoms with van der Waals surface area (Å²) in [7, 11) is 0. The molecule has 1 aromatic rings. The monoisotopic (exact) mass is 210 g/mol. The third-order valence-corrected chi connectivity index (χ3v) is 2.74.